The Morgan fingerprint density at radius 2 is 1.89 bits per heavy atom. The van der Waals surface area contributed by atoms with Gasteiger partial charge in [-0.25, -0.2) is 15.0 Å². The van der Waals surface area contributed by atoms with Crippen molar-refractivity contribution in [1.82, 2.24) is 19.9 Å². The molecule has 0 aliphatic heterocycles. The van der Waals surface area contributed by atoms with E-state index < -0.39 is 5.56 Å². The highest BCUT2D eigenvalue weighted by Crippen LogP contribution is 2.32. The fourth-order valence-electron chi connectivity index (χ4n) is 2.85. The van der Waals surface area contributed by atoms with E-state index in [2.05, 4.69) is 19.9 Å². The summed E-state index contributed by atoms with van der Waals surface area (Å²) in [6.45, 7) is 1.91. The van der Waals surface area contributed by atoms with Crippen molar-refractivity contribution in [3.05, 3.63) is 64.3 Å². The summed E-state index contributed by atoms with van der Waals surface area (Å²) < 4.78 is 10.6. The Balaban J connectivity index is 1.85. The van der Waals surface area contributed by atoms with E-state index in [1.165, 1.54) is 18.5 Å². The minimum absolute atomic E-state index is 0.0746. The lowest BCUT2D eigenvalue weighted by Crippen LogP contribution is -2.16. The maximum Gasteiger partial charge on any atom is 0.251 e. The van der Waals surface area contributed by atoms with Crippen molar-refractivity contribution >= 4 is 5.78 Å². The molecular weight excluding hydrogens is 360 g/mol. The lowest BCUT2D eigenvalue weighted by atomic mass is 9.93. The monoisotopic (exact) mass is 380 g/mol. The van der Waals surface area contributed by atoms with Crippen molar-refractivity contribution in [2.75, 3.05) is 14.2 Å². The molecule has 1 aromatic carbocycles. The van der Waals surface area contributed by atoms with Crippen LogP contribution in [0.25, 0.3) is 11.6 Å². The number of hydrogen-bond donors (Lipinski definition) is 1. The van der Waals surface area contributed by atoms with Crippen LogP contribution in [0.1, 0.15) is 35.3 Å². The second-order valence-corrected chi connectivity index (χ2v) is 6.19. The number of carbonyl (C=O) groups is 1. The fourth-order valence-corrected chi connectivity index (χ4v) is 2.85. The topological polar surface area (TPSA) is 107 Å². The van der Waals surface area contributed by atoms with Crippen molar-refractivity contribution in [1.29, 1.82) is 0 Å². The molecule has 3 aromatic rings. The number of rotatable bonds is 7. The lowest BCUT2D eigenvalue weighted by Gasteiger charge is -2.16. The van der Waals surface area contributed by atoms with E-state index in [1.54, 1.807) is 26.4 Å². The Hall–Kier alpha value is -3.55. The quantitative estimate of drug-likeness (QED) is 0.628. The van der Waals surface area contributed by atoms with Crippen LogP contribution in [0.2, 0.25) is 0 Å². The highest BCUT2D eigenvalue weighted by Gasteiger charge is 2.19. The molecule has 1 N–H and O–H groups in total. The van der Waals surface area contributed by atoms with E-state index in [1.807, 2.05) is 19.1 Å². The van der Waals surface area contributed by atoms with Crippen LogP contribution in [-0.2, 0) is 0 Å². The molecule has 8 nitrogen and oxygen atoms in total. The molecular formula is C20H20N4O4. The molecule has 144 valence electrons. The Labute approximate surface area is 161 Å². The molecule has 0 amide bonds. The number of aromatic amines is 1. The summed E-state index contributed by atoms with van der Waals surface area (Å²) in [7, 11) is 3.14. The first-order valence-corrected chi connectivity index (χ1v) is 8.65. The molecule has 1 atom stereocenters. The zero-order chi connectivity index (χ0) is 20.1. The van der Waals surface area contributed by atoms with Gasteiger partial charge in [-0.15, -0.1) is 0 Å². The second-order valence-electron chi connectivity index (χ2n) is 6.19. The van der Waals surface area contributed by atoms with Crippen molar-refractivity contribution < 1.29 is 14.3 Å². The molecule has 0 spiro atoms. The number of ketones is 1. The van der Waals surface area contributed by atoms with E-state index in [4.69, 9.17) is 9.47 Å². The van der Waals surface area contributed by atoms with E-state index in [0.717, 1.165) is 5.56 Å². The normalized spacial score (nSPS) is 11.7. The number of nitrogens with zero attached hydrogens (tertiary/aromatic N) is 3. The zero-order valence-electron chi connectivity index (χ0n) is 15.8. The third-order valence-electron chi connectivity index (χ3n) is 4.27. The molecule has 2 aromatic heterocycles. The minimum Gasteiger partial charge on any atom is -0.497 e. The molecule has 0 unspecified atom stereocenters. The predicted octanol–water partition coefficient (Wildman–Crippen LogP) is 2.62. The summed E-state index contributed by atoms with van der Waals surface area (Å²) in [5.74, 6) is 1.31. The number of aromatic nitrogens is 4. The van der Waals surface area contributed by atoms with Gasteiger partial charge in [-0.05, 0) is 23.6 Å². The zero-order valence-corrected chi connectivity index (χ0v) is 15.8. The van der Waals surface area contributed by atoms with Gasteiger partial charge in [0.1, 0.15) is 17.2 Å². The SMILES string of the molecule is COc1ccc([C@@H](C)CC(=O)c2cc(=O)[nH]c(-c3ncccn3)n2)c(OC)c1. The number of Topliss-reactive ketones (excluding diaryl/α,β-unsaturated/α-hetero) is 1. The summed E-state index contributed by atoms with van der Waals surface area (Å²) in [5, 5.41) is 0. The molecule has 28 heavy (non-hydrogen) atoms. The summed E-state index contributed by atoms with van der Waals surface area (Å²) in [6, 6.07) is 8.29. The summed E-state index contributed by atoms with van der Waals surface area (Å²) in [6.07, 6.45) is 3.23. The Kier molecular flexibility index (Phi) is 5.78. The Morgan fingerprint density at radius 3 is 2.57 bits per heavy atom. The van der Waals surface area contributed by atoms with Gasteiger partial charge in [-0.2, -0.15) is 0 Å². The van der Waals surface area contributed by atoms with Crippen molar-refractivity contribution in [3.63, 3.8) is 0 Å². The highest BCUT2D eigenvalue weighted by molar-refractivity contribution is 5.95. The number of carbonyl (C=O) groups excluding carboxylic acids is 1. The van der Waals surface area contributed by atoms with Crippen LogP contribution in [0.3, 0.4) is 0 Å². The van der Waals surface area contributed by atoms with Gasteiger partial charge in [0.2, 0.25) is 0 Å². The van der Waals surface area contributed by atoms with Gasteiger partial charge in [0.15, 0.2) is 17.4 Å². The van der Waals surface area contributed by atoms with E-state index >= 15 is 0 Å². The summed E-state index contributed by atoms with van der Waals surface area (Å²) in [4.78, 5) is 39.6. The molecule has 3 rings (SSSR count). The minimum atomic E-state index is -0.435. The van der Waals surface area contributed by atoms with Crippen molar-refractivity contribution in [2.45, 2.75) is 19.3 Å². The second kappa shape index (κ2) is 8.43. The average molecular weight is 380 g/mol. The van der Waals surface area contributed by atoms with Crippen LogP contribution in [0.4, 0.5) is 0 Å². The van der Waals surface area contributed by atoms with Gasteiger partial charge in [0.25, 0.3) is 5.56 Å². The van der Waals surface area contributed by atoms with Crippen LogP contribution < -0.4 is 15.0 Å². The molecule has 2 heterocycles. The van der Waals surface area contributed by atoms with Gasteiger partial charge in [-0.1, -0.05) is 13.0 Å². The summed E-state index contributed by atoms with van der Waals surface area (Å²) >= 11 is 0. The molecule has 0 saturated carbocycles. The van der Waals surface area contributed by atoms with E-state index in [-0.39, 0.29) is 35.5 Å². The highest BCUT2D eigenvalue weighted by atomic mass is 16.5. The van der Waals surface area contributed by atoms with E-state index in [9.17, 15) is 9.59 Å². The number of ether oxygens (including phenoxy) is 2. The van der Waals surface area contributed by atoms with Gasteiger partial charge < -0.3 is 14.5 Å². The molecule has 8 heteroatoms. The van der Waals surface area contributed by atoms with Crippen LogP contribution in [0.5, 0.6) is 11.5 Å². The molecule has 0 fully saturated rings. The molecule has 0 aliphatic rings. The van der Waals surface area contributed by atoms with Crippen molar-refractivity contribution in [3.8, 4) is 23.1 Å². The average Bonchev–Trinajstić information content (AvgIpc) is 2.73. The standard InChI is InChI=1S/C20H20N4O4/c1-12(14-6-5-13(27-2)10-17(14)28-3)9-16(25)15-11-18(26)24-20(23-15)19-21-7-4-8-22-19/h4-8,10-12H,9H2,1-3H3,(H,23,24,26)/t12-/m0/s1. The molecule has 0 saturated heterocycles. The summed E-state index contributed by atoms with van der Waals surface area (Å²) in [5.41, 5.74) is 0.508. The largest absolute Gasteiger partial charge is 0.497 e. The van der Waals surface area contributed by atoms with Crippen molar-refractivity contribution in [2.24, 2.45) is 0 Å². The Morgan fingerprint density at radius 1 is 1.14 bits per heavy atom. The third-order valence-corrected chi connectivity index (χ3v) is 4.27. The van der Waals surface area contributed by atoms with Crippen LogP contribution >= 0.6 is 0 Å². The number of benzene rings is 1. The number of methoxy groups -OCH3 is 2. The van der Waals surface area contributed by atoms with Crippen LogP contribution in [0, 0.1) is 0 Å². The first-order chi connectivity index (χ1) is 13.5. The number of H-pyrrole nitrogens is 1. The van der Waals surface area contributed by atoms with Crippen LogP contribution in [0.15, 0.2) is 47.5 Å². The maximum atomic E-state index is 12.8. The van der Waals surface area contributed by atoms with Gasteiger partial charge in [-0.3, -0.25) is 9.59 Å². The fraction of sp³-hybridized carbons (Fsp3) is 0.250. The number of hydrogen-bond acceptors (Lipinski definition) is 7. The number of nitrogens with one attached hydrogen (secondary N) is 1. The first kappa shape index (κ1) is 19.2. The van der Waals surface area contributed by atoms with Gasteiger partial charge >= 0.3 is 0 Å². The van der Waals surface area contributed by atoms with Gasteiger partial charge in [0.05, 0.1) is 14.2 Å². The van der Waals surface area contributed by atoms with Crippen LogP contribution in [-0.4, -0.2) is 39.9 Å². The lowest BCUT2D eigenvalue weighted by molar-refractivity contribution is 0.0970. The predicted molar refractivity (Wildman–Crippen MR) is 103 cm³/mol. The molecule has 0 aliphatic carbocycles. The van der Waals surface area contributed by atoms with Gasteiger partial charge in [0, 0.05) is 30.9 Å². The smallest absolute Gasteiger partial charge is 0.251 e. The Bertz CT molecular complexity index is 1030. The molecule has 0 bridgehead atoms. The molecule has 0 radical (unpaired) electrons. The maximum absolute atomic E-state index is 12.8. The third kappa shape index (κ3) is 4.22. The first-order valence-electron chi connectivity index (χ1n) is 8.65. The van der Waals surface area contributed by atoms with E-state index in [0.29, 0.717) is 11.5 Å².